The van der Waals surface area contributed by atoms with Crippen molar-refractivity contribution in [2.24, 2.45) is 0 Å². The van der Waals surface area contributed by atoms with Gasteiger partial charge in [-0.3, -0.25) is 4.79 Å². The summed E-state index contributed by atoms with van der Waals surface area (Å²) in [4.78, 5) is 15.9. The Morgan fingerprint density at radius 2 is 2.15 bits per heavy atom. The molecule has 1 aromatic rings. The molecule has 0 saturated heterocycles. The molecular weight excluding hydrogens is 272 g/mol. The fraction of sp³-hybridized carbons (Fsp3) is 0.733. The highest BCUT2D eigenvalue weighted by Gasteiger charge is 2.12. The topological polar surface area (TPSA) is 51.2 Å². The second kappa shape index (κ2) is 9.75. The van der Waals surface area contributed by atoms with E-state index < -0.39 is 0 Å². The van der Waals surface area contributed by atoms with Gasteiger partial charge in [0.2, 0.25) is 0 Å². The van der Waals surface area contributed by atoms with E-state index in [0.717, 1.165) is 17.2 Å². The normalized spacial score (nSPS) is 12.2. The van der Waals surface area contributed by atoms with Crippen molar-refractivity contribution in [1.29, 1.82) is 0 Å². The van der Waals surface area contributed by atoms with Crippen LogP contribution in [0.25, 0.3) is 0 Å². The number of aromatic nitrogens is 1. The first-order chi connectivity index (χ1) is 9.69. The third kappa shape index (κ3) is 6.37. The Morgan fingerprint density at radius 1 is 1.35 bits per heavy atom. The number of ether oxygens (including phenoxy) is 1. The number of esters is 1. The van der Waals surface area contributed by atoms with Crippen LogP contribution in [0.3, 0.4) is 0 Å². The zero-order chi connectivity index (χ0) is 14.8. The number of nitrogens with one attached hydrogen (secondary N) is 1. The van der Waals surface area contributed by atoms with Crippen molar-refractivity contribution in [3.63, 3.8) is 0 Å². The van der Waals surface area contributed by atoms with Gasteiger partial charge in [-0.25, -0.2) is 4.98 Å². The lowest BCUT2D eigenvalue weighted by Crippen LogP contribution is -2.19. The lowest BCUT2D eigenvalue weighted by molar-refractivity contribution is -0.142. The van der Waals surface area contributed by atoms with Crippen LogP contribution >= 0.6 is 11.3 Å². The van der Waals surface area contributed by atoms with Gasteiger partial charge in [0.1, 0.15) is 0 Å². The summed E-state index contributed by atoms with van der Waals surface area (Å²) in [7, 11) is 0. The van der Waals surface area contributed by atoms with Crippen LogP contribution in [0, 0.1) is 0 Å². The number of carbonyl (C=O) groups is 1. The molecule has 1 rings (SSSR count). The summed E-state index contributed by atoms with van der Waals surface area (Å²) in [5.74, 6) is -0.208. The number of hydrogen-bond acceptors (Lipinski definition) is 5. The SMILES string of the molecule is CCCCC(CCC)Nc1nc(CC(=O)OCC)cs1. The highest BCUT2D eigenvalue weighted by atomic mass is 32.1. The van der Waals surface area contributed by atoms with Gasteiger partial charge in [0, 0.05) is 11.4 Å². The highest BCUT2D eigenvalue weighted by molar-refractivity contribution is 7.13. The van der Waals surface area contributed by atoms with Gasteiger partial charge in [-0.2, -0.15) is 0 Å². The van der Waals surface area contributed by atoms with E-state index in [9.17, 15) is 4.79 Å². The molecule has 20 heavy (non-hydrogen) atoms. The predicted molar refractivity (Wildman–Crippen MR) is 84.3 cm³/mol. The van der Waals surface area contributed by atoms with E-state index in [1.54, 1.807) is 11.3 Å². The van der Waals surface area contributed by atoms with Crippen LogP contribution in [0.5, 0.6) is 0 Å². The zero-order valence-corrected chi connectivity index (χ0v) is 13.6. The predicted octanol–water partition coefficient (Wildman–Crippen LogP) is 4.02. The Bertz CT molecular complexity index is 393. The van der Waals surface area contributed by atoms with Crippen LogP contribution in [-0.4, -0.2) is 23.6 Å². The molecule has 0 spiro atoms. The first-order valence-corrected chi connectivity index (χ1v) is 8.44. The smallest absolute Gasteiger partial charge is 0.311 e. The summed E-state index contributed by atoms with van der Waals surface area (Å²) < 4.78 is 4.93. The molecule has 0 bridgehead atoms. The van der Waals surface area contributed by atoms with Crippen molar-refractivity contribution >= 4 is 22.4 Å². The van der Waals surface area contributed by atoms with Crippen LogP contribution in [0.15, 0.2) is 5.38 Å². The summed E-state index contributed by atoms with van der Waals surface area (Å²) in [5.41, 5.74) is 0.793. The molecule has 1 atom stereocenters. The standard InChI is InChI=1S/C15H26N2O2S/c1-4-7-9-12(8-5-2)16-15-17-13(11-20-15)10-14(18)19-6-3/h11-12H,4-10H2,1-3H3,(H,16,17). The highest BCUT2D eigenvalue weighted by Crippen LogP contribution is 2.20. The fourth-order valence-electron chi connectivity index (χ4n) is 2.08. The number of carbonyl (C=O) groups excluding carboxylic acids is 1. The van der Waals surface area contributed by atoms with Gasteiger partial charge in [0.25, 0.3) is 0 Å². The molecule has 0 amide bonds. The summed E-state index contributed by atoms with van der Waals surface area (Å²) in [6.45, 7) is 6.65. The molecule has 0 radical (unpaired) electrons. The maximum absolute atomic E-state index is 11.4. The minimum atomic E-state index is -0.208. The van der Waals surface area contributed by atoms with Crippen molar-refractivity contribution in [3.05, 3.63) is 11.1 Å². The summed E-state index contributed by atoms with van der Waals surface area (Å²) >= 11 is 1.57. The Hall–Kier alpha value is -1.10. The van der Waals surface area contributed by atoms with Crippen LogP contribution in [0.1, 0.15) is 58.6 Å². The summed E-state index contributed by atoms with van der Waals surface area (Å²) in [6, 6.07) is 0.488. The molecule has 1 N–H and O–H groups in total. The molecule has 1 aromatic heterocycles. The van der Waals surface area contributed by atoms with Crippen molar-refractivity contribution < 1.29 is 9.53 Å². The van der Waals surface area contributed by atoms with Gasteiger partial charge in [-0.15, -0.1) is 11.3 Å². The molecule has 0 aliphatic carbocycles. The van der Waals surface area contributed by atoms with Crippen LogP contribution in [-0.2, 0) is 16.0 Å². The molecule has 114 valence electrons. The summed E-state index contributed by atoms with van der Waals surface area (Å²) in [6.07, 6.45) is 6.22. The number of unbranched alkanes of at least 4 members (excludes halogenated alkanes) is 1. The van der Waals surface area contributed by atoms with Gasteiger partial charge in [-0.1, -0.05) is 33.1 Å². The number of rotatable bonds is 10. The van der Waals surface area contributed by atoms with Crippen molar-refractivity contribution in [1.82, 2.24) is 4.98 Å². The van der Waals surface area contributed by atoms with E-state index in [1.807, 2.05) is 12.3 Å². The quantitative estimate of drug-likeness (QED) is 0.663. The minimum Gasteiger partial charge on any atom is -0.466 e. The van der Waals surface area contributed by atoms with Crippen LogP contribution < -0.4 is 5.32 Å². The monoisotopic (exact) mass is 298 g/mol. The van der Waals surface area contributed by atoms with Crippen molar-refractivity contribution in [2.45, 2.75) is 65.3 Å². The number of thiazole rings is 1. The zero-order valence-electron chi connectivity index (χ0n) is 12.8. The maximum Gasteiger partial charge on any atom is 0.311 e. The third-order valence-electron chi connectivity index (χ3n) is 3.05. The van der Waals surface area contributed by atoms with E-state index in [1.165, 1.54) is 25.7 Å². The molecule has 1 heterocycles. The molecule has 1 unspecified atom stereocenters. The Balaban J connectivity index is 2.49. The fourth-order valence-corrected chi connectivity index (χ4v) is 2.87. The number of hydrogen-bond donors (Lipinski definition) is 1. The van der Waals surface area contributed by atoms with Gasteiger partial charge in [0.05, 0.1) is 18.7 Å². The Kier molecular flexibility index (Phi) is 8.26. The lowest BCUT2D eigenvalue weighted by atomic mass is 10.1. The average molecular weight is 298 g/mol. The molecule has 0 aliphatic rings. The number of anilines is 1. The molecule has 0 aromatic carbocycles. The second-order valence-electron chi connectivity index (χ2n) is 4.90. The van der Waals surface area contributed by atoms with E-state index in [2.05, 4.69) is 24.1 Å². The van der Waals surface area contributed by atoms with Crippen LogP contribution in [0.4, 0.5) is 5.13 Å². The van der Waals surface area contributed by atoms with E-state index in [-0.39, 0.29) is 12.4 Å². The van der Waals surface area contributed by atoms with Gasteiger partial charge < -0.3 is 10.1 Å². The summed E-state index contributed by atoms with van der Waals surface area (Å²) in [5, 5.41) is 6.34. The van der Waals surface area contributed by atoms with Gasteiger partial charge >= 0.3 is 5.97 Å². The van der Waals surface area contributed by atoms with Crippen molar-refractivity contribution in [2.75, 3.05) is 11.9 Å². The maximum atomic E-state index is 11.4. The van der Waals surface area contributed by atoms with Gasteiger partial charge in [-0.05, 0) is 19.8 Å². The molecule has 0 aliphatic heterocycles. The third-order valence-corrected chi connectivity index (χ3v) is 3.88. The largest absolute Gasteiger partial charge is 0.466 e. The molecule has 0 saturated carbocycles. The number of nitrogens with zero attached hydrogens (tertiary/aromatic N) is 1. The molecule has 4 nitrogen and oxygen atoms in total. The Morgan fingerprint density at radius 3 is 2.80 bits per heavy atom. The van der Waals surface area contributed by atoms with E-state index >= 15 is 0 Å². The second-order valence-corrected chi connectivity index (χ2v) is 5.76. The van der Waals surface area contributed by atoms with Crippen molar-refractivity contribution in [3.8, 4) is 0 Å². The molecule has 5 heteroatoms. The van der Waals surface area contributed by atoms with Crippen LogP contribution in [0.2, 0.25) is 0 Å². The average Bonchev–Trinajstić information content (AvgIpc) is 2.83. The molecular formula is C15H26N2O2S. The Labute approximate surface area is 125 Å². The first kappa shape index (κ1) is 17.0. The van der Waals surface area contributed by atoms with Gasteiger partial charge in [0.15, 0.2) is 5.13 Å². The first-order valence-electron chi connectivity index (χ1n) is 7.56. The lowest BCUT2D eigenvalue weighted by Gasteiger charge is -2.16. The minimum absolute atomic E-state index is 0.208. The molecule has 0 fully saturated rings. The van der Waals surface area contributed by atoms with E-state index in [4.69, 9.17) is 4.74 Å². The van der Waals surface area contributed by atoms with E-state index in [0.29, 0.717) is 12.6 Å².